The predicted molar refractivity (Wildman–Crippen MR) is 115 cm³/mol. The van der Waals surface area contributed by atoms with Gasteiger partial charge in [-0.3, -0.25) is 4.79 Å². The maximum atomic E-state index is 12.4. The van der Waals surface area contributed by atoms with E-state index in [0.717, 1.165) is 5.56 Å². The fraction of sp³-hybridized carbons (Fsp3) is 0.304. The molecular weight excluding hydrogens is 416 g/mol. The second-order valence-electron chi connectivity index (χ2n) is 6.82. The number of nitrogens with zero attached hydrogens (tertiary/aromatic N) is 1. The lowest BCUT2D eigenvalue weighted by Gasteiger charge is -2.13. The fourth-order valence-electron chi connectivity index (χ4n) is 3.14. The first-order valence-corrected chi connectivity index (χ1v) is 10.3. The van der Waals surface area contributed by atoms with Crippen molar-refractivity contribution in [1.82, 2.24) is 5.16 Å². The van der Waals surface area contributed by atoms with Gasteiger partial charge in [-0.05, 0) is 44.2 Å². The van der Waals surface area contributed by atoms with Crippen LogP contribution in [0.5, 0.6) is 23.0 Å². The molecule has 1 amide bonds. The summed E-state index contributed by atoms with van der Waals surface area (Å²) < 4.78 is 32.6. The number of amides is 1. The third-order valence-corrected chi connectivity index (χ3v) is 4.54. The number of carbonyl (C=O) groups is 1. The van der Waals surface area contributed by atoms with Crippen LogP contribution in [0.25, 0.3) is 11.3 Å². The van der Waals surface area contributed by atoms with E-state index in [1.807, 2.05) is 32.0 Å². The molecule has 0 spiro atoms. The minimum Gasteiger partial charge on any atom is -0.494 e. The van der Waals surface area contributed by atoms with E-state index in [4.69, 9.17) is 28.2 Å². The van der Waals surface area contributed by atoms with Crippen molar-refractivity contribution in [1.29, 1.82) is 0 Å². The summed E-state index contributed by atoms with van der Waals surface area (Å²) in [5.74, 6) is 2.81. The molecule has 2 aromatic carbocycles. The highest BCUT2D eigenvalue weighted by Gasteiger charge is 2.16. The Labute approximate surface area is 185 Å². The van der Waals surface area contributed by atoms with Crippen molar-refractivity contribution in [3.63, 3.8) is 0 Å². The van der Waals surface area contributed by atoms with E-state index in [2.05, 4.69) is 10.5 Å². The maximum Gasteiger partial charge on any atom is 0.250 e. The largest absolute Gasteiger partial charge is 0.494 e. The second kappa shape index (κ2) is 10.1. The average molecular weight is 440 g/mol. The van der Waals surface area contributed by atoms with E-state index < -0.39 is 0 Å². The van der Waals surface area contributed by atoms with Crippen LogP contribution in [0.4, 0.5) is 5.69 Å². The zero-order valence-electron chi connectivity index (χ0n) is 17.9. The first kappa shape index (κ1) is 21.5. The molecule has 0 fully saturated rings. The molecule has 0 radical (unpaired) electrons. The molecule has 9 nitrogen and oxygen atoms in total. The van der Waals surface area contributed by atoms with Crippen LogP contribution in [0.15, 0.2) is 47.0 Å². The molecule has 0 unspecified atom stereocenters. The van der Waals surface area contributed by atoms with Crippen LogP contribution in [0.2, 0.25) is 0 Å². The van der Waals surface area contributed by atoms with Gasteiger partial charge in [-0.1, -0.05) is 5.16 Å². The van der Waals surface area contributed by atoms with Gasteiger partial charge >= 0.3 is 0 Å². The van der Waals surface area contributed by atoms with Crippen LogP contribution in [0, 0.1) is 0 Å². The van der Waals surface area contributed by atoms with Gasteiger partial charge in [0.05, 0.1) is 25.5 Å². The van der Waals surface area contributed by atoms with Crippen molar-refractivity contribution < 1.29 is 33.0 Å². The number of hydrogen-bond donors (Lipinski definition) is 1. The third kappa shape index (κ3) is 5.12. The van der Waals surface area contributed by atoms with Gasteiger partial charge in [0.15, 0.2) is 17.3 Å². The first-order valence-electron chi connectivity index (χ1n) is 10.3. The summed E-state index contributed by atoms with van der Waals surface area (Å²) in [6.07, 6.45) is 0. The van der Waals surface area contributed by atoms with Gasteiger partial charge in [0, 0.05) is 17.7 Å². The molecule has 0 bridgehead atoms. The van der Waals surface area contributed by atoms with Gasteiger partial charge in [0.1, 0.15) is 23.8 Å². The summed E-state index contributed by atoms with van der Waals surface area (Å²) in [6.45, 7) is 4.95. The number of rotatable bonds is 10. The molecular formula is C23H24N2O7. The maximum absolute atomic E-state index is 12.4. The summed E-state index contributed by atoms with van der Waals surface area (Å²) in [4.78, 5) is 12.4. The molecule has 2 heterocycles. The topological polar surface area (TPSA) is 101 Å². The molecule has 0 atom stereocenters. The van der Waals surface area contributed by atoms with Crippen LogP contribution < -0.4 is 24.3 Å². The Hall–Kier alpha value is -3.72. The Morgan fingerprint density at radius 2 is 1.88 bits per heavy atom. The standard InChI is InChI=1S/C23H24N2O7/c1-3-28-17-6-8-19(29-4-2)18(11-17)24-23(26)13-27-12-16-10-21(32-25-16)15-5-7-20-22(9-15)31-14-30-20/h5-11H,3-4,12-14H2,1-2H3,(H,24,26). The highest BCUT2D eigenvalue weighted by Crippen LogP contribution is 2.36. The van der Waals surface area contributed by atoms with E-state index in [9.17, 15) is 4.79 Å². The molecule has 168 valence electrons. The summed E-state index contributed by atoms with van der Waals surface area (Å²) in [7, 11) is 0. The van der Waals surface area contributed by atoms with E-state index in [-0.39, 0.29) is 25.9 Å². The predicted octanol–water partition coefficient (Wildman–Crippen LogP) is 4.02. The molecule has 1 aliphatic heterocycles. The Morgan fingerprint density at radius 1 is 1.03 bits per heavy atom. The van der Waals surface area contributed by atoms with Gasteiger partial charge in [-0.15, -0.1) is 0 Å². The Morgan fingerprint density at radius 3 is 2.72 bits per heavy atom. The molecule has 4 rings (SSSR count). The molecule has 9 heteroatoms. The number of ether oxygens (including phenoxy) is 5. The number of benzene rings is 2. The van der Waals surface area contributed by atoms with Gasteiger partial charge < -0.3 is 33.5 Å². The Balaban J connectivity index is 1.31. The highest BCUT2D eigenvalue weighted by atomic mass is 16.7. The van der Waals surface area contributed by atoms with Crippen LogP contribution in [-0.2, 0) is 16.1 Å². The van der Waals surface area contributed by atoms with Crippen molar-refractivity contribution in [3.8, 4) is 34.3 Å². The third-order valence-electron chi connectivity index (χ3n) is 4.54. The normalized spacial score (nSPS) is 11.9. The fourth-order valence-corrected chi connectivity index (χ4v) is 3.14. The quantitative estimate of drug-likeness (QED) is 0.504. The summed E-state index contributed by atoms with van der Waals surface area (Å²) >= 11 is 0. The molecule has 0 saturated heterocycles. The SMILES string of the molecule is CCOc1ccc(OCC)c(NC(=O)COCc2cc(-c3ccc4c(c3)OCO4)on2)c1. The minimum atomic E-state index is -0.320. The van der Waals surface area contributed by atoms with Crippen LogP contribution in [-0.4, -0.2) is 37.7 Å². The Bertz CT molecular complexity index is 1080. The smallest absolute Gasteiger partial charge is 0.250 e. The van der Waals surface area contributed by atoms with Gasteiger partial charge in [-0.25, -0.2) is 0 Å². The number of anilines is 1. The van der Waals surface area contributed by atoms with Crippen molar-refractivity contribution in [2.24, 2.45) is 0 Å². The lowest BCUT2D eigenvalue weighted by atomic mass is 10.1. The van der Waals surface area contributed by atoms with Gasteiger partial charge in [0.2, 0.25) is 12.7 Å². The van der Waals surface area contributed by atoms with E-state index in [1.54, 1.807) is 24.3 Å². The van der Waals surface area contributed by atoms with E-state index >= 15 is 0 Å². The molecule has 3 aromatic rings. The highest BCUT2D eigenvalue weighted by molar-refractivity contribution is 5.93. The number of nitrogens with one attached hydrogen (secondary N) is 1. The van der Waals surface area contributed by atoms with Gasteiger partial charge in [-0.2, -0.15) is 0 Å². The average Bonchev–Trinajstić information content (AvgIpc) is 3.45. The first-order chi connectivity index (χ1) is 15.7. The second-order valence-corrected chi connectivity index (χ2v) is 6.82. The van der Waals surface area contributed by atoms with Crippen molar-refractivity contribution in [2.75, 3.05) is 31.9 Å². The number of aromatic nitrogens is 1. The molecule has 1 N–H and O–H groups in total. The summed E-state index contributed by atoms with van der Waals surface area (Å²) in [5, 5.41) is 6.79. The van der Waals surface area contributed by atoms with Crippen LogP contribution >= 0.6 is 0 Å². The van der Waals surface area contributed by atoms with Crippen LogP contribution in [0.1, 0.15) is 19.5 Å². The molecule has 1 aliphatic rings. The van der Waals surface area contributed by atoms with Crippen LogP contribution in [0.3, 0.4) is 0 Å². The van der Waals surface area contributed by atoms with Gasteiger partial charge in [0.25, 0.3) is 0 Å². The lowest BCUT2D eigenvalue weighted by Crippen LogP contribution is -2.19. The van der Waals surface area contributed by atoms with Crippen molar-refractivity contribution >= 4 is 11.6 Å². The number of carbonyl (C=O) groups excluding carboxylic acids is 1. The molecule has 0 saturated carbocycles. The van der Waals surface area contributed by atoms with Crippen molar-refractivity contribution in [3.05, 3.63) is 48.2 Å². The zero-order chi connectivity index (χ0) is 22.3. The molecule has 1 aromatic heterocycles. The summed E-state index contributed by atoms with van der Waals surface area (Å²) in [6, 6.07) is 12.5. The lowest BCUT2D eigenvalue weighted by molar-refractivity contribution is -0.121. The number of fused-ring (bicyclic) bond motifs is 1. The molecule has 32 heavy (non-hydrogen) atoms. The van der Waals surface area contributed by atoms with Crippen molar-refractivity contribution in [2.45, 2.75) is 20.5 Å². The monoisotopic (exact) mass is 440 g/mol. The van der Waals surface area contributed by atoms with E-state index in [1.165, 1.54) is 0 Å². The zero-order valence-corrected chi connectivity index (χ0v) is 17.9. The van der Waals surface area contributed by atoms with E-state index in [0.29, 0.717) is 53.4 Å². The number of hydrogen-bond acceptors (Lipinski definition) is 8. The molecule has 0 aliphatic carbocycles. The Kier molecular flexibility index (Phi) is 6.76. The summed E-state index contributed by atoms with van der Waals surface area (Å²) in [5.41, 5.74) is 1.90. The minimum absolute atomic E-state index is 0.124.